The van der Waals surface area contributed by atoms with Gasteiger partial charge in [0.15, 0.2) is 0 Å². The highest BCUT2D eigenvalue weighted by atomic mass is 16.2. The molecule has 1 aliphatic rings. The Morgan fingerprint density at radius 1 is 1.35 bits per heavy atom. The monoisotopic (exact) mass is 274 g/mol. The molecule has 1 unspecified atom stereocenters. The van der Waals surface area contributed by atoms with E-state index in [1.165, 1.54) is 5.56 Å². The lowest BCUT2D eigenvalue weighted by Gasteiger charge is -2.24. The highest BCUT2D eigenvalue weighted by Crippen LogP contribution is 2.23. The molecule has 1 fully saturated rings. The van der Waals surface area contributed by atoms with Crippen molar-refractivity contribution in [1.82, 2.24) is 5.32 Å². The van der Waals surface area contributed by atoms with Crippen molar-refractivity contribution in [2.24, 2.45) is 0 Å². The van der Waals surface area contributed by atoms with Crippen molar-refractivity contribution in [2.45, 2.75) is 45.6 Å². The van der Waals surface area contributed by atoms with Crippen molar-refractivity contribution in [3.05, 3.63) is 29.8 Å². The zero-order chi connectivity index (χ0) is 14.7. The van der Waals surface area contributed by atoms with Gasteiger partial charge >= 0.3 is 0 Å². The molecule has 1 atom stereocenters. The highest BCUT2D eigenvalue weighted by Gasteiger charge is 2.29. The van der Waals surface area contributed by atoms with Gasteiger partial charge in [0.2, 0.25) is 11.8 Å². The maximum Gasteiger partial charge on any atom is 0.249 e. The summed E-state index contributed by atoms with van der Waals surface area (Å²) in [6.45, 7) is 6.62. The fourth-order valence-electron chi connectivity index (χ4n) is 2.42. The SMILES string of the molecule is CCC1NC(=O)CCN(c2cccc(C(C)C)c2)C1=O. The number of carbonyl (C=O) groups is 2. The molecule has 4 heteroatoms. The van der Waals surface area contributed by atoms with Crippen LogP contribution in [0.25, 0.3) is 0 Å². The van der Waals surface area contributed by atoms with Crippen molar-refractivity contribution in [3.63, 3.8) is 0 Å². The molecule has 0 aromatic heterocycles. The van der Waals surface area contributed by atoms with Gasteiger partial charge in [0.25, 0.3) is 0 Å². The maximum absolute atomic E-state index is 12.5. The zero-order valence-corrected chi connectivity index (χ0v) is 12.3. The Bertz CT molecular complexity index is 511. The molecule has 1 aromatic carbocycles. The number of carbonyl (C=O) groups excluding carboxylic acids is 2. The van der Waals surface area contributed by atoms with E-state index >= 15 is 0 Å². The summed E-state index contributed by atoms with van der Waals surface area (Å²) in [5, 5.41) is 2.79. The minimum Gasteiger partial charge on any atom is -0.344 e. The van der Waals surface area contributed by atoms with Crippen LogP contribution < -0.4 is 10.2 Å². The highest BCUT2D eigenvalue weighted by molar-refractivity contribution is 6.01. The Morgan fingerprint density at radius 3 is 2.75 bits per heavy atom. The second kappa shape index (κ2) is 6.07. The van der Waals surface area contributed by atoms with Crippen LogP contribution in [0.4, 0.5) is 5.69 Å². The summed E-state index contributed by atoms with van der Waals surface area (Å²) in [6, 6.07) is 7.61. The van der Waals surface area contributed by atoms with Gasteiger partial charge in [-0.1, -0.05) is 32.9 Å². The molecule has 2 rings (SSSR count). The predicted molar refractivity (Wildman–Crippen MR) is 79.7 cm³/mol. The summed E-state index contributed by atoms with van der Waals surface area (Å²) in [4.78, 5) is 25.9. The van der Waals surface area contributed by atoms with E-state index in [0.717, 1.165) is 5.69 Å². The number of anilines is 1. The lowest BCUT2D eigenvalue weighted by molar-refractivity contribution is -0.125. The number of hydrogen-bond donors (Lipinski definition) is 1. The molecule has 0 saturated carbocycles. The van der Waals surface area contributed by atoms with E-state index in [0.29, 0.717) is 25.3 Å². The van der Waals surface area contributed by atoms with Gasteiger partial charge in [0.1, 0.15) is 6.04 Å². The summed E-state index contributed by atoms with van der Waals surface area (Å²) in [5.74, 6) is 0.353. The van der Waals surface area contributed by atoms with Crippen molar-refractivity contribution in [3.8, 4) is 0 Å². The maximum atomic E-state index is 12.5. The average molecular weight is 274 g/mol. The van der Waals surface area contributed by atoms with E-state index in [9.17, 15) is 9.59 Å². The fraction of sp³-hybridized carbons (Fsp3) is 0.500. The molecule has 0 bridgehead atoms. The van der Waals surface area contributed by atoms with Crippen LogP contribution in [0.2, 0.25) is 0 Å². The Kier molecular flexibility index (Phi) is 4.42. The Labute approximate surface area is 120 Å². The molecule has 1 aromatic rings. The molecule has 0 radical (unpaired) electrons. The topological polar surface area (TPSA) is 49.4 Å². The van der Waals surface area contributed by atoms with Crippen LogP contribution in [0.3, 0.4) is 0 Å². The van der Waals surface area contributed by atoms with Crippen LogP contribution >= 0.6 is 0 Å². The molecule has 1 saturated heterocycles. The number of benzene rings is 1. The van der Waals surface area contributed by atoms with Crippen molar-refractivity contribution in [1.29, 1.82) is 0 Å². The Hall–Kier alpha value is -1.84. The molecular formula is C16H22N2O2. The number of amides is 2. The van der Waals surface area contributed by atoms with Crippen molar-refractivity contribution < 1.29 is 9.59 Å². The first-order chi connectivity index (χ1) is 9.52. The van der Waals surface area contributed by atoms with Crippen molar-refractivity contribution >= 4 is 17.5 Å². The third-order valence-electron chi connectivity index (χ3n) is 3.72. The van der Waals surface area contributed by atoms with Gasteiger partial charge in [0, 0.05) is 18.7 Å². The third-order valence-corrected chi connectivity index (χ3v) is 3.72. The van der Waals surface area contributed by atoms with Crippen LogP contribution in [-0.2, 0) is 9.59 Å². The summed E-state index contributed by atoms with van der Waals surface area (Å²) in [5.41, 5.74) is 2.09. The molecule has 0 aliphatic carbocycles. The van der Waals surface area contributed by atoms with E-state index < -0.39 is 6.04 Å². The van der Waals surface area contributed by atoms with Crippen LogP contribution in [0.5, 0.6) is 0 Å². The predicted octanol–water partition coefficient (Wildman–Crippen LogP) is 2.44. The molecule has 4 nitrogen and oxygen atoms in total. The largest absolute Gasteiger partial charge is 0.344 e. The molecule has 1 heterocycles. The summed E-state index contributed by atoms with van der Waals surface area (Å²) in [7, 11) is 0. The molecule has 1 aliphatic heterocycles. The first-order valence-corrected chi connectivity index (χ1v) is 7.23. The van der Waals surface area contributed by atoms with Crippen LogP contribution in [0.1, 0.15) is 45.1 Å². The molecule has 20 heavy (non-hydrogen) atoms. The Morgan fingerprint density at radius 2 is 2.10 bits per heavy atom. The zero-order valence-electron chi connectivity index (χ0n) is 12.3. The normalized spacial score (nSPS) is 20.0. The van der Waals surface area contributed by atoms with Gasteiger partial charge in [-0.25, -0.2) is 0 Å². The molecule has 0 spiro atoms. The van der Waals surface area contributed by atoms with Crippen LogP contribution in [0, 0.1) is 0 Å². The average Bonchev–Trinajstić information content (AvgIpc) is 2.58. The first-order valence-electron chi connectivity index (χ1n) is 7.23. The third kappa shape index (κ3) is 3.00. The van der Waals surface area contributed by atoms with Gasteiger partial charge in [0.05, 0.1) is 0 Å². The van der Waals surface area contributed by atoms with Gasteiger partial charge < -0.3 is 10.2 Å². The van der Waals surface area contributed by atoms with Gasteiger partial charge in [-0.3, -0.25) is 9.59 Å². The van der Waals surface area contributed by atoms with Crippen LogP contribution in [0.15, 0.2) is 24.3 Å². The first kappa shape index (κ1) is 14.6. The van der Waals surface area contributed by atoms with Crippen LogP contribution in [-0.4, -0.2) is 24.4 Å². The number of hydrogen-bond acceptors (Lipinski definition) is 2. The molecule has 108 valence electrons. The minimum absolute atomic E-state index is 0.0146. The summed E-state index contributed by atoms with van der Waals surface area (Å²) in [6.07, 6.45) is 0.971. The minimum atomic E-state index is -0.410. The summed E-state index contributed by atoms with van der Waals surface area (Å²) < 4.78 is 0. The van der Waals surface area contributed by atoms with E-state index in [1.54, 1.807) is 4.90 Å². The number of rotatable bonds is 3. The van der Waals surface area contributed by atoms with Gasteiger partial charge in [-0.05, 0) is 30.0 Å². The standard InChI is InChI=1S/C16H22N2O2/c1-4-14-16(20)18(9-8-15(19)17-14)13-7-5-6-12(10-13)11(2)3/h5-7,10-11,14H,4,8-9H2,1-3H3,(H,17,19). The van der Waals surface area contributed by atoms with Gasteiger partial charge in [-0.2, -0.15) is 0 Å². The second-order valence-corrected chi connectivity index (χ2v) is 5.52. The quantitative estimate of drug-likeness (QED) is 0.920. The van der Waals surface area contributed by atoms with Crippen molar-refractivity contribution in [2.75, 3.05) is 11.4 Å². The van der Waals surface area contributed by atoms with E-state index in [2.05, 4.69) is 25.2 Å². The second-order valence-electron chi connectivity index (χ2n) is 5.52. The smallest absolute Gasteiger partial charge is 0.249 e. The van der Waals surface area contributed by atoms with E-state index in [-0.39, 0.29) is 11.8 Å². The lowest BCUT2D eigenvalue weighted by Crippen LogP contribution is -2.44. The fourth-order valence-corrected chi connectivity index (χ4v) is 2.42. The summed E-state index contributed by atoms with van der Waals surface area (Å²) >= 11 is 0. The van der Waals surface area contributed by atoms with E-state index in [1.807, 2.05) is 25.1 Å². The lowest BCUT2D eigenvalue weighted by atomic mass is 10.0. The number of nitrogens with zero attached hydrogens (tertiary/aromatic N) is 1. The van der Waals surface area contributed by atoms with Gasteiger partial charge in [-0.15, -0.1) is 0 Å². The van der Waals surface area contributed by atoms with E-state index in [4.69, 9.17) is 0 Å². The molecule has 1 N–H and O–H groups in total. The molecule has 2 amide bonds. The molecular weight excluding hydrogens is 252 g/mol. The number of nitrogens with one attached hydrogen (secondary N) is 1. The Balaban J connectivity index is 2.32.